The van der Waals surface area contributed by atoms with Crippen molar-refractivity contribution in [3.05, 3.63) is 144 Å². The second-order valence-electron chi connectivity index (χ2n) is 19.0. The molecule has 6 rings (SSSR count). The molecule has 14 N–H and O–H groups in total. The SMILES string of the molecule is C[C@@H](O)[C@@H]1NC(=O)[C@H](CCCCN)NC(=O)[C@H](Cc2c[nH]c3ccccc23)NC(=O)[C@@H](N(C)C(=O)c2ccccc2)NC(=O)[C@H](Cc2ccccc2)NC(=O)[C@@H](N)CSSC[C@@H](C(=O)O)NC(=O)[C@H](Cc2ccccc2)NC1=O. The summed E-state index contributed by atoms with van der Waals surface area (Å²) in [5.74, 6) is -8.98. The van der Waals surface area contributed by atoms with Crippen molar-refractivity contribution in [1.29, 1.82) is 0 Å². The van der Waals surface area contributed by atoms with Crippen LogP contribution in [0.4, 0.5) is 0 Å². The third-order valence-electron chi connectivity index (χ3n) is 13.0. The van der Waals surface area contributed by atoms with E-state index in [1.807, 2.05) is 6.07 Å². The molecular formula is C55H67N11O11S2. The average Bonchev–Trinajstić information content (AvgIpc) is 3.89. The normalized spacial score (nSPS) is 23.1. The number of aromatic nitrogens is 1. The number of amides is 8. The number of carboxylic acid groups (broad SMARTS) is 1. The highest BCUT2D eigenvalue weighted by Crippen LogP contribution is 2.24. The lowest BCUT2D eigenvalue weighted by molar-refractivity contribution is -0.141. The van der Waals surface area contributed by atoms with E-state index in [0.717, 1.165) is 26.5 Å². The van der Waals surface area contributed by atoms with Crippen LogP contribution in [0.1, 0.15) is 53.2 Å². The molecule has 1 aromatic heterocycles. The third kappa shape index (κ3) is 17.6. The molecule has 8 amide bonds. The summed E-state index contributed by atoms with van der Waals surface area (Å²) in [5, 5.41) is 40.3. The zero-order chi connectivity index (χ0) is 57.0. The Bertz CT molecular complexity index is 2900. The topological polar surface area (TPSA) is 349 Å². The Labute approximate surface area is 464 Å². The van der Waals surface area contributed by atoms with E-state index in [1.54, 1.807) is 103 Å². The summed E-state index contributed by atoms with van der Waals surface area (Å²) in [6.07, 6.45) is -1.61. The number of carboxylic acids is 1. The fraction of sp³-hybridized carbons (Fsp3) is 0.364. The van der Waals surface area contributed by atoms with Crippen molar-refractivity contribution in [2.45, 2.75) is 100 Å². The smallest absolute Gasteiger partial charge is 0.327 e. The number of likely N-dealkylation sites (N-methyl/N-ethyl adjacent to an activating group) is 1. The standard InChI is InChI=1S/C55H67N11O11S2/c1-32(67)45-52(73)61-41(26-33-16-6-3-7-17-33)49(70)63-44(55(76)77)31-79-78-30-38(57)47(68)60-42(27-34-18-8-4-9-19-34)51(72)65-46(66(2)54(75)35-20-10-5-11-21-35)53(74)62-43(28-36-29-58-39-23-13-12-22-37(36)39)50(71)59-40(48(69)64-45)24-14-15-25-56/h3-13,16-23,29,32,38,40-46,58,67H,14-15,24-28,30-31,56-57H2,1-2H3,(H,59,71)(H,60,68)(H,61,73)(H,62,74)(H,63,70)(H,64,69)(H,65,72)(H,76,77)/t32-,38+,40+,41+,42+,43+,44+,45+,46-/m1/s1. The maximum absolute atomic E-state index is 15.0. The molecule has 1 aliphatic rings. The summed E-state index contributed by atoms with van der Waals surface area (Å²) in [6, 6.07) is 21.9. The average molecular weight is 1120 g/mol. The number of hydrogen-bond donors (Lipinski definition) is 12. The van der Waals surface area contributed by atoms with Crippen molar-refractivity contribution in [3.63, 3.8) is 0 Å². The first-order valence-electron chi connectivity index (χ1n) is 25.6. The number of aliphatic carboxylic acids is 1. The van der Waals surface area contributed by atoms with Gasteiger partial charge in [0, 0.05) is 60.5 Å². The van der Waals surface area contributed by atoms with Crippen LogP contribution in [-0.4, -0.2) is 153 Å². The van der Waals surface area contributed by atoms with Gasteiger partial charge in [-0.05, 0) is 67.6 Å². The number of aromatic amines is 1. The maximum atomic E-state index is 15.0. The Hall–Kier alpha value is -7.77. The Morgan fingerprint density at radius 2 is 1.11 bits per heavy atom. The van der Waals surface area contributed by atoms with E-state index < -0.39 is 108 Å². The van der Waals surface area contributed by atoms with Gasteiger partial charge in [-0.2, -0.15) is 0 Å². The second-order valence-corrected chi connectivity index (χ2v) is 21.5. The number of carbonyl (C=O) groups is 9. The summed E-state index contributed by atoms with van der Waals surface area (Å²) >= 11 is 0. The molecule has 420 valence electrons. The van der Waals surface area contributed by atoms with E-state index in [1.165, 1.54) is 26.1 Å². The molecule has 22 nitrogen and oxygen atoms in total. The van der Waals surface area contributed by atoms with Crippen molar-refractivity contribution in [3.8, 4) is 0 Å². The third-order valence-corrected chi connectivity index (χ3v) is 15.4. The van der Waals surface area contributed by atoms with Gasteiger partial charge in [0.2, 0.25) is 35.4 Å². The quantitative estimate of drug-likeness (QED) is 0.0536. The fourth-order valence-electron chi connectivity index (χ4n) is 8.57. The first kappa shape index (κ1) is 60.5. The molecule has 79 heavy (non-hydrogen) atoms. The van der Waals surface area contributed by atoms with Gasteiger partial charge in [0.05, 0.1) is 12.1 Å². The van der Waals surface area contributed by atoms with Crippen LogP contribution in [0.3, 0.4) is 0 Å². The largest absolute Gasteiger partial charge is 0.480 e. The van der Waals surface area contributed by atoms with Gasteiger partial charge >= 0.3 is 5.97 Å². The van der Waals surface area contributed by atoms with Gasteiger partial charge in [-0.25, -0.2) is 4.79 Å². The lowest BCUT2D eigenvalue weighted by atomic mass is 10.0. The molecule has 9 atom stereocenters. The summed E-state index contributed by atoms with van der Waals surface area (Å²) < 4.78 is 0. The number of fused-ring (bicyclic) bond motifs is 1. The number of carbonyl (C=O) groups excluding carboxylic acids is 8. The molecule has 0 aliphatic carbocycles. The van der Waals surface area contributed by atoms with Crippen molar-refractivity contribution in [2.24, 2.45) is 11.5 Å². The summed E-state index contributed by atoms with van der Waals surface area (Å²) in [4.78, 5) is 132. The van der Waals surface area contributed by atoms with E-state index in [0.29, 0.717) is 34.0 Å². The lowest BCUT2D eigenvalue weighted by Crippen LogP contribution is -2.64. The summed E-state index contributed by atoms with van der Waals surface area (Å²) in [6.45, 7) is 1.45. The minimum Gasteiger partial charge on any atom is -0.480 e. The number of aliphatic hydroxyl groups is 1. The van der Waals surface area contributed by atoms with E-state index in [9.17, 15) is 48.6 Å². The van der Waals surface area contributed by atoms with Crippen LogP contribution in [-0.2, 0) is 57.6 Å². The summed E-state index contributed by atoms with van der Waals surface area (Å²) in [5.41, 5.74) is 14.8. The summed E-state index contributed by atoms with van der Waals surface area (Å²) in [7, 11) is 3.28. The zero-order valence-corrected chi connectivity index (χ0v) is 45.2. The lowest BCUT2D eigenvalue weighted by Gasteiger charge is -2.32. The molecule has 0 bridgehead atoms. The Balaban J connectivity index is 1.42. The van der Waals surface area contributed by atoms with Gasteiger partial charge < -0.3 is 68.8 Å². The maximum Gasteiger partial charge on any atom is 0.327 e. The molecule has 0 spiro atoms. The van der Waals surface area contributed by atoms with E-state index >= 15 is 4.79 Å². The number of H-pyrrole nitrogens is 1. The first-order valence-corrected chi connectivity index (χ1v) is 28.1. The predicted octanol–water partition coefficient (Wildman–Crippen LogP) is 0.636. The molecule has 1 saturated heterocycles. The number of benzene rings is 4. The fourth-order valence-corrected chi connectivity index (χ4v) is 10.8. The van der Waals surface area contributed by atoms with Crippen LogP contribution >= 0.6 is 21.6 Å². The number of nitrogens with two attached hydrogens (primary N) is 2. The number of para-hydroxylation sites is 1. The van der Waals surface area contributed by atoms with Gasteiger partial charge in [0.15, 0.2) is 6.17 Å². The molecule has 4 aromatic carbocycles. The predicted molar refractivity (Wildman–Crippen MR) is 299 cm³/mol. The molecular weight excluding hydrogens is 1050 g/mol. The molecule has 1 aliphatic heterocycles. The van der Waals surface area contributed by atoms with Crippen LogP contribution in [0, 0.1) is 0 Å². The van der Waals surface area contributed by atoms with Crippen molar-refractivity contribution < 1.29 is 53.4 Å². The van der Waals surface area contributed by atoms with Crippen molar-refractivity contribution >= 4 is 85.7 Å². The molecule has 1 fully saturated rings. The highest BCUT2D eigenvalue weighted by Gasteiger charge is 2.38. The van der Waals surface area contributed by atoms with Gasteiger partial charge in [0.25, 0.3) is 11.8 Å². The van der Waals surface area contributed by atoms with Crippen molar-refractivity contribution in [2.75, 3.05) is 25.1 Å². The number of nitrogens with zero attached hydrogens (tertiary/aromatic N) is 1. The molecule has 0 unspecified atom stereocenters. The molecule has 24 heteroatoms. The van der Waals surface area contributed by atoms with Gasteiger partial charge in [-0.15, -0.1) is 0 Å². The molecule has 0 saturated carbocycles. The molecule has 5 aromatic rings. The Morgan fingerprint density at radius 3 is 1.72 bits per heavy atom. The zero-order valence-electron chi connectivity index (χ0n) is 43.6. The number of nitrogens with one attached hydrogen (secondary N) is 8. The number of hydrogen-bond acceptors (Lipinski definition) is 14. The number of unbranched alkanes of at least 4 members (excludes halogenated alkanes) is 1. The van der Waals surface area contributed by atoms with E-state index in [-0.39, 0.29) is 55.7 Å². The Kier molecular flexibility index (Phi) is 22.8. The monoisotopic (exact) mass is 1120 g/mol. The first-order chi connectivity index (χ1) is 37.9. The van der Waals surface area contributed by atoms with Crippen molar-refractivity contribution in [1.82, 2.24) is 47.1 Å². The van der Waals surface area contributed by atoms with Gasteiger partial charge in [0.1, 0.15) is 36.3 Å². The number of aliphatic hydroxyl groups excluding tert-OH is 1. The number of rotatable bonds is 14. The van der Waals surface area contributed by atoms with Gasteiger partial charge in [-0.1, -0.05) is 119 Å². The molecule has 2 heterocycles. The van der Waals surface area contributed by atoms with Crippen LogP contribution in [0.15, 0.2) is 121 Å². The van der Waals surface area contributed by atoms with Gasteiger partial charge in [-0.3, -0.25) is 38.4 Å². The van der Waals surface area contributed by atoms with E-state index in [4.69, 9.17) is 11.5 Å². The Morgan fingerprint density at radius 1 is 0.608 bits per heavy atom. The van der Waals surface area contributed by atoms with E-state index in [2.05, 4.69) is 42.2 Å². The van der Waals surface area contributed by atoms with Crippen LogP contribution in [0.5, 0.6) is 0 Å². The van der Waals surface area contributed by atoms with Crippen LogP contribution in [0.2, 0.25) is 0 Å². The highest BCUT2D eigenvalue weighted by molar-refractivity contribution is 8.76. The highest BCUT2D eigenvalue weighted by atomic mass is 33.1. The minimum atomic E-state index is -1.85. The molecule has 0 radical (unpaired) electrons. The second kappa shape index (κ2) is 29.8. The van der Waals surface area contributed by atoms with Crippen LogP contribution < -0.4 is 48.7 Å². The minimum absolute atomic E-state index is 0.0479. The van der Waals surface area contributed by atoms with Crippen LogP contribution in [0.25, 0.3) is 10.9 Å².